The van der Waals surface area contributed by atoms with Gasteiger partial charge in [0.1, 0.15) is 0 Å². The van der Waals surface area contributed by atoms with Crippen LogP contribution in [-0.2, 0) is 16.0 Å². The maximum absolute atomic E-state index is 12.0. The Morgan fingerprint density at radius 1 is 1.25 bits per heavy atom. The van der Waals surface area contributed by atoms with Crippen molar-refractivity contribution in [3.8, 4) is 0 Å². The van der Waals surface area contributed by atoms with Gasteiger partial charge in [0.05, 0.1) is 21.8 Å². The van der Waals surface area contributed by atoms with Gasteiger partial charge in [0.25, 0.3) is 0 Å². The number of amides is 2. The van der Waals surface area contributed by atoms with Crippen molar-refractivity contribution in [1.82, 2.24) is 15.2 Å². The maximum Gasteiger partial charge on any atom is 0.239 e. The van der Waals surface area contributed by atoms with Gasteiger partial charge in [-0.25, -0.2) is 4.98 Å². The molecular weight excluding hydrogens is 322 g/mol. The number of benzene rings is 1. The topological polar surface area (TPSA) is 62.3 Å². The average molecular weight is 345 g/mol. The van der Waals surface area contributed by atoms with Crippen molar-refractivity contribution < 1.29 is 9.59 Å². The molecule has 1 saturated heterocycles. The van der Waals surface area contributed by atoms with E-state index >= 15 is 0 Å². The Morgan fingerprint density at radius 3 is 3.00 bits per heavy atom. The number of hydrogen-bond donors (Lipinski definition) is 1. The number of nitrogens with zero attached hydrogens (tertiary/aromatic N) is 2. The number of aromatic nitrogens is 1. The smallest absolute Gasteiger partial charge is 0.239 e. The van der Waals surface area contributed by atoms with Crippen LogP contribution < -0.4 is 5.32 Å². The Bertz CT molecular complexity index is 680. The lowest BCUT2D eigenvalue weighted by atomic mass is 10.2. The Kier molecular flexibility index (Phi) is 5.80. The molecule has 0 bridgehead atoms. The molecule has 0 spiro atoms. The number of carbonyl (C=O) groups excluding carboxylic acids is 2. The van der Waals surface area contributed by atoms with Crippen LogP contribution in [0.3, 0.4) is 0 Å². The van der Waals surface area contributed by atoms with Gasteiger partial charge in [0.2, 0.25) is 11.8 Å². The van der Waals surface area contributed by atoms with Crippen molar-refractivity contribution in [1.29, 1.82) is 0 Å². The minimum atomic E-state index is -0.0606. The molecule has 1 aromatic heterocycles. The minimum Gasteiger partial charge on any atom is -0.355 e. The molecule has 1 N–H and O–H groups in total. The Hall–Kier alpha value is -1.95. The van der Waals surface area contributed by atoms with E-state index < -0.39 is 0 Å². The van der Waals surface area contributed by atoms with Crippen molar-refractivity contribution in [3.05, 3.63) is 29.3 Å². The second-order valence-electron chi connectivity index (χ2n) is 6.15. The van der Waals surface area contributed by atoms with E-state index in [0.717, 1.165) is 42.6 Å². The predicted molar refractivity (Wildman–Crippen MR) is 96.0 cm³/mol. The first kappa shape index (κ1) is 16.9. The second kappa shape index (κ2) is 8.24. The molecule has 2 aromatic rings. The summed E-state index contributed by atoms with van der Waals surface area (Å²) in [7, 11) is 0. The van der Waals surface area contributed by atoms with Crippen molar-refractivity contribution in [3.63, 3.8) is 0 Å². The molecule has 5 nitrogen and oxygen atoms in total. The molecule has 2 heterocycles. The number of thiazole rings is 1. The summed E-state index contributed by atoms with van der Waals surface area (Å²) >= 11 is 1.71. The van der Waals surface area contributed by atoms with Gasteiger partial charge in [0.15, 0.2) is 0 Å². The summed E-state index contributed by atoms with van der Waals surface area (Å²) < 4.78 is 1.20. The fraction of sp³-hybridized carbons (Fsp3) is 0.500. The lowest BCUT2D eigenvalue weighted by Gasteiger charge is -2.19. The first-order valence-electron chi connectivity index (χ1n) is 8.61. The summed E-state index contributed by atoms with van der Waals surface area (Å²) in [5, 5.41) is 4.02. The quantitative estimate of drug-likeness (QED) is 0.819. The van der Waals surface area contributed by atoms with Crippen LogP contribution in [0.1, 0.15) is 37.1 Å². The fourth-order valence-corrected chi connectivity index (χ4v) is 3.94. The molecule has 1 aliphatic rings. The first-order chi connectivity index (χ1) is 11.7. The molecule has 1 aromatic carbocycles. The van der Waals surface area contributed by atoms with E-state index in [0.29, 0.717) is 19.5 Å². The van der Waals surface area contributed by atoms with Crippen molar-refractivity contribution >= 4 is 33.4 Å². The number of nitrogens with one attached hydrogen (secondary N) is 1. The molecule has 128 valence electrons. The van der Waals surface area contributed by atoms with Gasteiger partial charge in [-0.2, -0.15) is 0 Å². The molecule has 0 aliphatic carbocycles. The summed E-state index contributed by atoms with van der Waals surface area (Å²) in [5.41, 5.74) is 1.04. The van der Waals surface area contributed by atoms with Crippen molar-refractivity contribution in [2.75, 3.05) is 19.6 Å². The van der Waals surface area contributed by atoms with E-state index in [-0.39, 0.29) is 18.4 Å². The maximum atomic E-state index is 12.0. The summed E-state index contributed by atoms with van der Waals surface area (Å²) in [6.45, 7) is 1.52. The largest absolute Gasteiger partial charge is 0.355 e. The van der Waals surface area contributed by atoms with E-state index in [2.05, 4.69) is 16.4 Å². The number of rotatable bonds is 6. The normalized spacial score (nSPS) is 15.5. The van der Waals surface area contributed by atoms with Gasteiger partial charge < -0.3 is 10.2 Å². The lowest BCUT2D eigenvalue weighted by Crippen LogP contribution is -2.40. The van der Waals surface area contributed by atoms with Gasteiger partial charge in [-0.3, -0.25) is 9.59 Å². The third-order valence-corrected chi connectivity index (χ3v) is 5.33. The summed E-state index contributed by atoms with van der Waals surface area (Å²) in [4.78, 5) is 30.2. The van der Waals surface area contributed by atoms with E-state index in [9.17, 15) is 9.59 Å². The number of hydrogen-bond acceptors (Lipinski definition) is 4. The van der Waals surface area contributed by atoms with E-state index in [1.54, 1.807) is 16.2 Å². The molecule has 3 rings (SSSR count). The zero-order valence-corrected chi connectivity index (χ0v) is 14.6. The molecule has 6 heteroatoms. The highest BCUT2D eigenvalue weighted by Crippen LogP contribution is 2.22. The second-order valence-corrected chi connectivity index (χ2v) is 7.27. The van der Waals surface area contributed by atoms with Gasteiger partial charge in [-0.05, 0) is 31.4 Å². The Morgan fingerprint density at radius 2 is 2.12 bits per heavy atom. The van der Waals surface area contributed by atoms with Gasteiger partial charge >= 0.3 is 0 Å². The van der Waals surface area contributed by atoms with E-state index in [4.69, 9.17) is 0 Å². The fourth-order valence-electron chi connectivity index (χ4n) is 2.93. The van der Waals surface area contributed by atoms with Crippen LogP contribution in [0.2, 0.25) is 0 Å². The van der Waals surface area contributed by atoms with E-state index in [1.165, 1.54) is 4.70 Å². The van der Waals surface area contributed by atoms with Gasteiger partial charge in [0, 0.05) is 25.9 Å². The molecule has 0 saturated carbocycles. The third kappa shape index (κ3) is 4.54. The molecule has 0 atom stereocenters. The zero-order chi connectivity index (χ0) is 16.8. The van der Waals surface area contributed by atoms with Crippen molar-refractivity contribution in [2.24, 2.45) is 0 Å². The number of para-hydroxylation sites is 1. The van der Waals surface area contributed by atoms with Crippen LogP contribution in [0, 0.1) is 0 Å². The summed E-state index contributed by atoms with van der Waals surface area (Å²) in [6, 6.07) is 8.12. The number of likely N-dealkylation sites (tertiary alicyclic amines) is 1. The highest BCUT2D eigenvalue weighted by atomic mass is 32.1. The standard InChI is InChI=1S/C18H23N3O2S/c22-16(13-21-12-5-1-2-10-18(21)23)19-11-6-9-17-20-14-7-3-4-8-15(14)24-17/h3-4,7-8H,1-2,5-6,9-13H2,(H,19,22). The first-order valence-corrected chi connectivity index (χ1v) is 9.43. The lowest BCUT2D eigenvalue weighted by molar-refractivity contribution is -0.135. The van der Waals surface area contributed by atoms with Crippen LogP contribution in [0.4, 0.5) is 0 Å². The van der Waals surface area contributed by atoms with Crippen LogP contribution >= 0.6 is 11.3 Å². The van der Waals surface area contributed by atoms with Crippen LogP contribution in [0.25, 0.3) is 10.2 Å². The molecule has 24 heavy (non-hydrogen) atoms. The predicted octanol–water partition coefficient (Wildman–Crippen LogP) is 2.75. The average Bonchev–Trinajstić information content (AvgIpc) is 2.89. The minimum absolute atomic E-state index is 0.0606. The zero-order valence-electron chi connectivity index (χ0n) is 13.8. The van der Waals surface area contributed by atoms with Crippen molar-refractivity contribution in [2.45, 2.75) is 38.5 Å². The molecule has 1 fully saturated rings. The van der Waals surface area contributed by atoms with Crippen LogP contribution in [0.15, 0.2) is 24.3 Å². The third-order valence-electron chi connectivity index (χ3n) is 4.23. The Labute approximate surface area is 146 Å². The summed E-state index contributed by atoms with van der Waals surface area (Å²) in [6.07, 6.45) is 5.31. The number of carbonyl (C=O) groups is 2. The molecule has 2 amide bonds. The molecule has 0 radical (unpaired) electrons. The van der Waals surface area contributed by atoms with E-state index in [1.807, 2.05) is 18.2 Å². The Balaban J connectivity index is 1.39. The monoisotopic (exact) mass is 345 g/mol. The highest BCUT2D eigenvalue weighted by Gasteiger charge is 2.18. The molecule has 0 unspecified atom stereocenters. The SMILES string of the molecule is O=C(CN1CCCCCC1=O)NCCCc1nc2ccccc2s1. The van der Waals surface area contributed by atoms with Crippen LogP contribution in [0.5, 0.6) is 0 Å². The van der Waals surface area contributed by atoms with Gasteiger partial charge in [-0.15, -0.1) is 11.3 Å². The summed E-state index contributed by atoms with van der Waals surface area (Å²) in [5.74, 6) is 0.0478. The highest BCUT2D eigenvalue weighted by molar-refractivity contribution is 7.18. The van der Waals surface area contributed by atoms with Crippen LogP contribution in [-0.4, -0.2) is 41.3 Å². The molecular formula is C18H23N3O2S. The number of fused-ring (bicyclic) bond motifs is 1. The van der Waals surface area contributed by atoms with Gasteiger partial charge in [-0.1, -0.05) is 18.6 Å². The molecule has 1 aliphatic heterocycles. The number of aryl methyl sites for hydroxylation is 1.